The lowest BCUT2D eigenvalue weighted by Crippen LogP contribution is -2.55. The highest BCUT2D eigenvalue weighted by Gasteiger charge is 2.43. The van der Waals surface area contributed by atoms with Gasteiger partial charge in [0.05, 0.1) is 12.6 Å². The van der Waals surface area contributed by atoms with Crippen molar-refractivity contribution in [1.82, 2.24) is 24.5 Å². The summed E-state index contributed by atoms with van der Waals surface area (Å²) < 4.78 is 2.00. The molecular formula is C24H35N5O. The topological polar surface area (TPSA) is 47.8 Å². The van der Waals surface area contributed by atoms with Crippen LogP contribution in [-0.2, 0) is 13.1 Å². The van der Waals surface area contributed by atoms with Crippen molar-refractivity contribution in [2.75, 3.05) is 46.3 Å². The molecule has 6 nitrogen and oxygen atoms in total. The first-order chi connectivity index (χ1) is 14.7. The molecule has 3 aliphatic rings. The van der Waals surface area contributed by atoms with Crippen LogP contribution in [-0.4, -0.2) is 88.0 Å². The average molecular weight is 410 g/mol. The number of rotatable bonds is 5. The van der Waals surface area contributed by atoms with E-state index < -0.39 is 0 Å². The minimum Gasteiger partial charge on any atom is -0.391 e. The molecule has 1 aliphatic carbocycles. The summed E-state index contributed by atoms with van der Waals surface area (Å²) >= 11 is 0. The molecule has 2 aromatic rings. The van der Waals surface area contributed by atoms with E-state index in [1.165, 1.54) is 11.1 Å². The van der Waals surface area contributed by atoms with Crippen LogP contribution in [0, 0.1) is 11.8 Å². The number of fused-ring (bicyclic) bond motifs is 1. The number of likely N-dealkylation sites (N-methyl/N-ethyl adjacent to an activating group) is 1. The third-order valence-corrected chi connectivity index (χ3v) is 7.60. The van der Waals surface area contributed by atoms with Gasteiger partial charge in [-0.15, -0.1) is 0 Å². The first-order valence-corrected chi connectivity index (χ1v) is 11.5. The largest absolute Gasteiger partial charge is 0.391 e. The van der Waals surface area contributed by atoms with Crippen LogP contribution in [0.2, 0.25) is 0 Å². The van der Waals surface area contributed by atoms with Crippen molar-refractivity contribution in [2.24, 2.45) is 11.8 Å². The molecule has 2 aliphatic heterocycles. The summed E-state index contributed by atoms with van der Waals surface area (Å²) in [7, 11) is 2.20. The van der Waals surface area contributed by atoms with E-state index in [2.05, 4.69) is 51.1 Å². The fourth-order valence-electron chi connectivity index (χ4n) is 5.85. The van der Waals surface area contributed by atoms with Crippen molar-refractivity contribution in [3.05, 3.63) is 53.9 Å². The number of aliphatic hydroxyl groups is 1. The number of likely N-dealkylation sites (tertiary alicyclic amines) is 1. The van der Waals surface area contributed by atoms with E-state index >= 15 is 0 Å². The predicted molar refractivity (Wildman–Crippen MR) is 118 cm³/mol. The number of piperazine rings is 1. The summed E-state index contributed by atoms with van der Waals surface area (Å²) in [5, 5.41) is 15.3. The number of aliphatic hydroxyl groups excluding tert-OH is 1. The maximum absolute atomic E-state index is 10.9. The van der Waals surface area contributed by atoms with Crippen molar-refractivity contribution in [1.29, 1.82) is 0 Å². The van der Waals surface area contributed by atoms with E-state index in [-0.39, 0.29) is 6.10 Å². The maximum Gasteiger partial charge on any atom is 0.0698 e. The van der Waals surface area contributed by atoms with Gasteiger partial charge in [0.2, 0.25) is 0 Å². The summed E-state index contributed by atoms with van der Waals surface area (Å²) in [6.07, 6.45) is 5.83. The molecular weight excluding hydrogens is 374 g/mol. The zero-order valence-electron chi connectivity index (χ0n) is 18.1. The molecule has 1 N–H and O–H groups in total. The fourth-order valence-corrected chi connectivity index (χ4v) is 5.85. The monoisotopic (exact) mass is 409 g/mol. The molecule has 1 aromatic carbocycles. The molecule has 1 saturated carbocycles. The van der Waals surface area contributed by atoms with Crippen LogP contribution < -0.4 is 0 Å². The molecule has 5 rings (SSSR count). The molecule has 162 valence electrons. The van der Waals surface area contributed by atoms with Gasteiger partial charge in [-0.1, -0.05) is 24.3 Å². The predicted octanol–water partition coefficient (Wildman–Crippen LogP) is 1.75. The molecule has 3 fully saturated rings. The molecule has 2 saturated heterocycles. The van der Waals surface area contributed by atoms with Gasteiger partial charge in [-0.2, -0.15) is 5.10 Å². The third kappa shape index (κ3) is 4.33. The lowest BCUT2D eigenvalue weighted by molar-refractivity contribution is -0.0249. The van der Waals surface area contributed by atoms with E-state index in [0.29, 0.717) is 12.0 Å². The number of aromatic nitrogens is 2. The highest BCUT2D eigenvalue weighted by molar-refractivity contribution is 5.27. The summed E-state index contributed by atoms with van der Waals surface area (Å²) in [4.78, 5) is 7.58. The van der Waals surface area contributed by atoms with Gasteiger partial charge in [-0.3, -0.25) is 14.5 Å². The lowest BCUT2D eigenvalue weighted by Gasteiger charge is -2.44. The van der Waals surface area contributed by atoms with Gasteiger partial charge >= 0.3 is 0 Å². The molecule has 0 radical (unpaired) electrons. The van der Waals surface area contributed by atoms with Crippen LogP contribution in [0.4, 0.5) is 0 Å². The first-order valence-electron chi connectivity index (χ1n) is 11.5. The SMILES string of the molecule is CN1CCN([C@@H]2C[C@@H]3CN(Cc4ccccc4Cn4cccn4)C[C@@H]3C[C@H]2O)CC1. The molecule has 4 atom stereocenters. The van der Waals surface area contributed by atoms with Crippen LogP contribution in [0.25, 0.3) is 0 Å². The van der Waals surface area contributed by atoms with E-state index in [1.807, 2.05) is 23.1 Å². The van der Waals surface area contributed by atoms with Crippen molar-refractivity contribution < 1.29 is 5.11 Å². The van der Waals surface area contributed by atoms with Crippen LogP contribution in [0.15, 0.2) is 42.7 Å². The molecule has 0 amide bonds. The van der Waals surface area contributed by atoms with Crippen molar-refractivity contribution in [2.45, 2.75) is 38.1 Å². The maximum atomic E-state index is 10.9. The number of hydrogen-bond acceptors (Lipinski definition) is 5. The minimum atomic E-state index is -0.165. The zero-order valence-corrected chi connectivity index (χ0v) is 18.1. The molecule has 1 aromatic heterocycles. The molecule has 30 heavy (non-hydrogen) atoms. The quantitative estimate of drug-likeness (QED) is 0.815. The Labute approximate surface area is 180 Å². The van der Waals surface area contributed by atoms with Gasteiger partial charge in [0, 0.05) is 64.2 Å². The smallest absolute Gasteiger partial charge is 0.0698 e. The van der Waals surface area contributed by atoms with Crippen LogP contribution in [0.5, 0.6) is 0 Å². The normalized spacial score (nSPS) is 31.1. The molecule has 0 bridgehead atoms. The average Bonchev–Trinajstić information content (AvgIpc) is 3.39. The summed E-state index contributed by atoms with van der Waals surface area (Å²) in [5.41, 5.74) is 2.76. The van der Waals surface area contributed by atoms with Crippen molar-refractivity contribution in [3.8, 4) is 0 Å². The Bertz CT molecular complexity index is 817. The van der Waals surface area contributed by atoms with Crippen LogP contribution >= 0.6 is 0 Å². The summed E-state index contributed by atoms with van der Waals surface area (Å²) in [6.45, 7) is 8.55. The number of benzene rings is 1. The molecule has 0 unspecified atom stereocenters. The van der Waals surface area contributed by atoms with Crippen molar-refractivity contribution in [3.63, 3.8) is 0 Å². The van der Waals surface area contributed by atoms with Gasteiger partial charge < -0.3 is 10.0 Å². The van der Waals surface area contributed by atoms with E-state index in [9.17, 15) is 5.11 Å². The van der Waals surface area contributed by atoms with Gasteiger partial charge in [-0.05, 0) is 48.9 Å². The summed E-state index contributed by atoms with van der Waals surface area (Å²) in [5.74, 6) is 1.36. The fraction of sp³-hybridized carbons (Fsp3) is 0.625. The number of nitrogens with zero attached hydrogens (tertiary/aromatic N) is 5. The summed E-state index contributed by atoms with van der Waals surface area (Å²) in [6, 6.07) is 11.1. The van der Waals surface area contributed by atoms with Gasteiger partial charge in [0.15, 0.2) is 0 Å². The van der Waals surface area contributed by atoms with Gasteiger partial charge in [0.25, 0.3) is 0 Å². The molecule has 0 spiro atoms. The Morgan fingerprint density at radius 1 is 0.933 bits per heavy atom. The standard InChI is InChI=1S/C24H35N5O/c1-26-9-11-28(12-10-26)23-13-21-16-27(17-22(21)14-24(23)30)15-19-5-2-3-6-20(19)18-29-8-4-7-25-29/h2-8,21-24,30H,9-18H2,1H3/t21-,22+,23-,24-/m1/s1. The Morgan fingerprint density at radius 3 is 2.33 bits per heavy atom. The Balaban J connectivity index is 1.22. The van der Waals surface area contributed by atoms with Gasteiger partial charge in [-0.25, -0.2) is 0 Å². The Morgan fingerprint density at radius 2 is 1.63 bits per heavy atom. The lowest BCUT2D eigenvalue weighted by atomic mass is 9.77. The van der Waals surface area contributed by atoms with E-state index in [1.54, 1.807) is 0 Å². The second-order valence-corrected chi connectivity index (χ2v) is 9.63. The first kappa shape index (κ1) is 20.2. The van der Waals surface area contributed by atoms with Crippen LogP contribution in [0.3, 0.4) is 0 Å². The van der Waals surface area contributed by atoms with E-state index in [4.69, 9.17) is 0 Å². The second-order valence-electron chi connectivity index (χ2n) is 9.63. The van der Waals surface area contributed by atoms with Crippen molar-refractivity contribution >= 4 is 0 Å². The molecule has 6 heteroatoms. The van der Waals surface area contributed by atoms with Gasteiger partial charge in [0.1, 0.15) is 0 Å². The van der Waals surface area contributed by atoms with Crippen LogP contribution in [0.1, 0.15) is 24.0 Å². The second kappa shape index (κ2) is 8.79. The number of hydrogen-bond donors (Lipinski definition) is 1. The minimum absolute atomic E-state index is 0.165. The highest BCUT2D eigenvalue weighted by Crippen LogP contribution is 2.39. The third-order valence-electron chi connectivity index (χ3n) is 7.60. The Hall–Kier alpha value is -1.73. The molecule has 3 heterocycles. The Kier molecular flexibility index (Phi) is 5.92. The zero-order chi connectivity index (χ0) is 20.5. The highest BCUT2D eigenvalue weighted by atomic mass is 16.3. The van der Waals surface area contributed by atoms with E-state index in [0.717, 1.165) is 71.1 Å².